The minimum atomic E-state index is -4.84. The zero-order valence-electron chi connectivity index (χ0n) is 23.2. The number of benzene rings is 2. The second-order valence-electron chi connectivity index (χ2n) is 10.1. The van der Waals surface area contributed by atoms with Crippen molar-refractivity contribution in [3.8, 4) is 5.75 Å². The fourth-order valence-electron chi connectivity index (χ4n) is 4.89. The van der Waals surface area contributed by atoms with Crippen LogP contribution in [-0.2, 0) is 32.3 Å². The number of sulfonamides is 1. The first kappa shape index (κ1) is 32.5. The van der Waals surface area contributed by atoms with Crippen LogP contribution in [-0.4, -0.2) is 57.1 Å². The highest BCUT2D eigenvalue weighted by atomic mass is 35.5. The van der Waals surface area contributed by atoms with Gasteiger partial charge in [-0.1, -0.05) is 49.9 Å². The van der Waals surface area contributed by atoms with Crippen LogP contribution in [0.25, 0.3) is 0 Å². The van der Waals surface area contributed by atoms with E-state index >= 15 is 0 Å². The van der Waals surface area contributed by atoms with E-state index in [0.717, 1.165) is 50.5 Å². The molecule has 2 aromatic rings. The number of carbonyl (C=O) groups excluding carboxylic acids is 2. The Morgan fingerprint density at radius 1 is 1.10 bits per heavy atom. The Labute approximate surface area is 243 Å². The summed E-state index contributed by atoms with van der Waals surface area (Å²) in [4.78, 5) is 28.5. The van der Waals surface area contributed by atoms with E-state index in [4.69, 9.17) is 16.3 Å². The summed E-state index contributed by atoms with van der Waals surface area (Å²) >= 11 is 5.73. The lowest BCUT2D eigenvalue weighted by Gasteiger charge is -2.34. The van der Waals surface area contributed by atoms with Crippen LogP contribution in [0.2, 0.25) is 5.02 Å². The van der Waals surface area contributed by atoms with E-state index in [-0.39, 0.29) is 30.6 Å². The lowest BCUT2D eigenvalue weighted by atomic mass is 9.95. The van der Waals surface area contributed by atoms with Crippen LogP contribution >= 0.6 is 11.6 Å². The van der Waals surface area contributed by atoms with Crippen LogP contribution in [0.4, 0.5) is 18.9 Å². The van der Waals surface area contributed by atoms with Gasteiger partial charge in [0.2, 0.25) is 21.8 Å². The Hall–Kier alpha value is -2.99. The molecule has 8 nitrogen and oxygen atoms in total. The minimum Gasteiger partial charge on any atom is -0.497 e. The summed E-state index contributed by atoms with van der Waals surface area (Å²) in [5, 5.41) is 2.43. The number of anilines is 1. The average Bonchev–Trinajstić information content (AvgIpc) is 2.91. The van der Waals surface area contributed by atoms with Crippen LogP contribution in [0.1, 0.15) is 56.6 Å². The van der Waals surface area contributed by atoms with Gasteiger partial charge in [0, 0.05) is 12.6 Å². The molecule has 2 amide bonds. The third kappa shape index (κ3) is 8.75. The van der Waals surface area contributed by atoms with E-state index in [1.807, 2.05) is 0 Å². The summed E-state index contributed by atoms with van der Waals surface area (Å²) in [5.74, 6) is -0.529. The molecule has 1 aliphatic carbocycles. The molecule has 1 atom stereocenters. The van der Waals surface area contributed by atoms with Crippen LogP contribution in [0.3, 0.4) is 0 Å². The van der Waals surface area contributed by atoms with Crippen molar-refractivity contribution >= 4 is 39.1 Å². The quantitative estimate of drug-likeness (QED) is 0.365. The maximum absolute atomic E-state index is 13.8. The number of methoxy groups -OCH3 is 1. The van der Waals surface area contributed by atoms with Gasteiger partial charge in [-0.05, 0) is 55.2 Å². The molecule has 3 rings (SSSR count). The smallest absolute Gasteiger partial charge is 0.417 e. The van der Waals surface area contributed by atoms with E-state index in [1.54, 1.807) is 31.2 Å². The predicted molar refractivity (Wildman–Crippen MR) is 151 cm³/mol. The molecular formula is C28H35ClF3N3O5S. The number of hydrogen-bond donors (Lipinski definition) is 1. The van der Waals surface area contributed by atoms with Gasteiger partial charge in [0.15, 0.2) is 0 Å². The zero-order valence-corrected chi connectivity index (χ0v) is 24.8. The molecule has 2 aromatic carbocycles. The molecule has 1 N–H and O–H groups in total. The molecule has 13 heteroatoms. The molecule has 0 bridgehead atoms. The second kappa shape index (κ2) is 13.8. The standard InChI is InChI=1S/C28H35ClF3N3O5S/c1-4-25(27(37)33-20-8-6-5-7-9-20)34(17-19-10-13-22(40-2)14-11-19)26(36)18-35(41(3,38)39)21-12-15-24(29)23(16-21)28(30,31)32/h10-16,20,25H,4-9,17-18H2,1-3H3,(H,33,37)/t25-/m1/s1. The van der Waals surface area contributed by atoms with Crippen LogP contribution in [0.15, 0.2) is 42.5 Å². The van der Waals surface area contributed by atoms with Crippen molar-refractivity contribution in [1.82, 2.24) is 10.2 Å². The summed E-state index contributed by atoms with van der Waals surface area (Å²) in [6, 6.07) is 8.48. The van der Waals surface area contributed by atoms with Gasteiger partial charge in [0.05, 0.1) is 29.6 Å². The number of rotatable bonds is 11. The third-order valence-corrected chi connectivity index (χ3v) is 8.54. The number of halogens is 4. The molecule has 0 unspecified atom stereocenters. The SMILES string of the molecule is CC[C@H](C(=O)NC1CCCCC1)N(Cc1ccc(OC)cc1)C(=O)CN(c1ccc(Cl)c(C(F)(F)F)c1)S(C)(=O)=O. The third-order valence-electron chi connectivity index (χ3n) is 7.07. The van der Waals surface area contributed by atoms with Gasteiger partial charge < -0.3 is 15.0 Å². The summed E-state index contributed by atoms with van der Waals surface area (Å²) < 4.78 is 71.9. The van der Waals surface area contributed by atoms with Crippen LogP contribution in [0.5, 0.6) is 5.75 Å². The Morgan fingerprint density at radius 3 is 2.27 bits per heavy atom. The van der Waals surface area contributed by atoms with Crippen molar-refractivity contribution in [1.29, 1.82) is 0 Å². The molecule has 1 aliphatic rings. The fraction of sp³-hybridized carbons (Fsp3) is 0.500. The van der Waals surface area contributed by atoms with Gasteiger partial charge in [0.25, 0.3) is 0 Å². The molecule has 0 saturated heterocycles. The maximum atomic E-state index is 13.8. The Bertz CT molecular complexity index is 1320. The maximum Gasteiger partial charge on any atom is 0.417 e. The lowest BCUT2D eigenvalue weighted by Crippen LogP contribution is -2.53. The van der Waals surface area contributed by atoms with Gasteiger partial charge in [-0.3, -0.25) is 13.9 Å². The van der Waals surface area contributed by atoms with Gasteiger partial charge in [-0.2, -0.15) is 13.2 Å². The molecule has 0 heterocycles. The van der Waals surface area contributed by atoms with Crippen molar-refractivity contribution in [2.24, 2.45) is 0 Å². The first-order valence-electron chi connectivity index (χ1n) is 13.3. The zero-order chi connectivity index (χ0) is 30.4. The first-order chi connectivity index (χ1) is 19.2. The Balaban J connectivity index is 1.97. The monoisotopic (exact) mass is 617 g/mol. The van der Waals surface area contributed by atoms with Crippen LogP contribution in [0, 0.1) is 0 Å². The number of ether oxygens (including phenoxy) is 1. The highest BCUT2D eigenvalue weighted by molar-refractivity contribution is 7.92. The van der Waals surface area contributed by atoms with Crippen molar-refractivity contribution in [3.63, 3.8) is 0 Å². The van der Waals surface area contributed by atoms with Crippen LogP contribution < -0.4 is 14.4 Å². The summed E-state index contributed by atoms with van der Waals surface area (Å²) in [6.07, 6.45) is 0.907. The Kier molecular flexibility index (Phi) is 10.9. The number of nitrogens with one attached hydrogen (secondary N) is 1. The van der Waals surface area contributed by atoms with Crippen molar-refractivity contribution in [3.05, 3.63) is 58.6 Å². The topological polar surface area (TPSA) is 96.0 Å². The number of carbonyl (C=O) groups is 2. The first-order valence-corrected chi connectivity index (χ1v) is 15.5. The van der Waals surface area contributed by atoms with E-state index in [9.17, 15) is 31.2 Å². The normalized spacial score (nSPS) is 15.2. The average molecular weight is 618 g/mol. The summed E-state index contributed by atoms with van der Waals surface area (Å²) in [6.45, 7) is 0.884. The number of nitrogens with zero attached hydrogens (tertiary/aromatic N) is 2. The van der Waals surface area contributed by atoms with E-state index < -0.39 is 45.3 Å². The van der Waals surface area contributed by atoms with Gasteiger partial charge in [0.1, 0.15) is 18.3 Å². The van der Waals surface area contributed by atoms with E-state index in [0.29, 0.717) is 21.7 Å². The second-order valence-corrected chi connectivity index (χ2v) is 12.4. The Morgan fingerprint density at radius 2 is 1.73 bits per heavy atom. The predicted octanol–water partition coefficient (Wildman–Crippen LogP) is 5.39. The molecular weight excluding hydrogens is 583 g/mol. The largest absolute Gasteiger partial charge is 0.497 e. The molecule has 1 saturated carbocycles. The molecule has 226 valence electrons. The van der Waals surface area contributed by atoms with Gasteiger partial charge in [-0.15, -0.1) is 0 Å². The van der Waals surface area contributed by atoms with Gasteiger partial charge in [-0.25, -0.2) is 8.42 Å². The molecule has 0 aromatic heterocycles. The lowest BCUT2D eigenvalue weighted by molar-refractivity contribution is -0.140. The van der Waals surface area contributed by atoms with Crippen molar-refractivity contribution in [2.75, 3.05) is 24.2 Å². The number of alkyl halides is 3. The fourth-order valence-corrected chi connectivity index (χ4v) is 5.96. The van der Waals surface area contributed by atoms with Crippen molar-refractivity contribution in [2.45, 2.75) is 70.3 Å². The number of hydrogen-bond acceptors (Lipinski definition) is 5. The molecule has 0 radical (unpaired) electrons. The number of amides is 2. The molecule has 1 fully saturated rings. The molecule has 41 heavy (non-hydrogen) atoms. The summed E-state index contributed by atoms with van der Waals surface area (Å²) in [5.41, 5.74) is -0.951. The molecule has 0 spiro atoms. The van der Waals surface area contributed by atoms with Crippen molar-refractivity contribution < 1.29 is 35.9 Å². The van der Waals surface area contributed by atoms with Gasteiger partial charge >= 0.3 is 6.18 Å². The summed E-state index contributed by atoms with van der Waals surface area (Å²) in [7, 11) is -2.71. The highest BCUT2D eigenvalue weighted by Crippen LogP contribution is 2.37. The van der Waals surface area contributed by atoms with E-state index in [1.165, 1.54) is 12.0 Å². The van der Waals surface area contributed by atoms with E-state index in [2.05, 4.69) is 5.32 Å². The highest BCUT2D eigenvalue weighted by Gasteiger charge is 2.36. The minimum absolute atomic E-state index is 0.0226. The molecule has 0 aliphatic heterocycles.